The van der Waals surface area contributed by atoms with Gasteiger partial charge in [-0.25, -0.2) is 0 Å². The summed E-state index contributed by atoms with van der Waals surface area (Å²) in [5, 5.41) is 17.5. The number of ether oxygens (including phenoxy) is 1. The number of carbonyl (C=O) groups excluding carboxylic acids is 1. The lowest BCUT2D eigenvalue weighted by Crippen LogP contribution is -2.50. The third-order valence-electron chi connectivity index (χ3n) is 5.71. The Morgan fingerprint density at radius 1 is 1.06 bits per heavy atom. The summed E-state index contributed by atoms with van der Waals surface area (Å²) in [6, 6.07) is 11.1. The molecule has 1 aliphatic heterocycles. The molecule has 0 saturated carbocycles. The van der Waals surface area contributed by atoms with Crippen molar-refractivity contribution in [3.8, 4) is 11.4 Å². The standard InChI is InChI=1S/C23H22ClN7O2/c1-16-3-2-4-20(22(16)31-27-9-10-28-31)23(32)29-11-12-33-15-19(29)14-17-13-18(5-6-21(17)24)30-25-7-8-26-30/h2-10,13,19H,11-12,14-15H2,1H3/t19-/m1/s1. The molecule has 1 amide bonds. The van der Waals surface area contributed by atoms with Gasteiger partial charge in [0.2, 0.25) is 0 Å². The molecule has 1 fully saturated rings. The van der Waals surface area contributed by atoms with Crippen molar-refractivity contribution in [1.82, 2.24) is 34.9 Å². The molecule has 10 heteroatoms. The van der Waals surface area contributed by atoms with E-state index in [2.05, 4.69) is 20.4 Å². The summed E-state index contributed by atoms with van der Waals surface area (Å²) in [6.45, 7) is 3.34. The summed E-state index contributed by atoms with van der Waals surface area (Å²) < 4.78 is 5.74. The first-order chi connectivity index (χ1) is 16.1. The van der Waals surface area contributed by atoms with E-state index in [0.717, 1.165) is 16.8 Å². The predicted molar refractivity (Wildman–Crippen MR) is 122 cm³/mol. The van der Waals surface area contributed by atoms with E-state index in [1.165, 1.54) is 9.59 Å². The number of nitrogens with zero attached hydrogens (tertiary/aromatic N) is 7. The third-order valence-corrected chi connectivity index (χ3v) is 6.08. The fraction of sp³-hybridized carbons (Fsp3) is 0.261. The topological polar surface area (TPSA) is 91.0 Å². The number of halogens is 1. The van der Waals surface area contributed by atoms with E-state index >= 15 is 0 Å². The third kappa shape index (κ3) is 4.24. The number of hydrogen-bond donors (Lipinski definition) is 0. The van der Waals surface area contributed by atoms with Crippen molar-refractivity contribution in [1.29, 1.82) is 0 Å². The van der Waals surface area contributed by atoms with Crippen molar-refractivity contribution >= 4 is 17.5 Å². The maximum absolute atomic E-state index is 13.8. The second-order valence-corrected chi connectivity index (χ2v) is 8.22. The summed E-state index contributed by atoms with van der Waals surface area (Å²) in [5.41, 5.74) is 3.86. The lowest BCUT2D eigenvalue weighted by molar-refractivity contribution is -0.00165. The molecule has 168 valence electrons. The molecule has 9 nitrogen and oxygen atoms in total. The fourth-order valence-corrected chi connectivity index (χ4v) is 4.31. The molecule has 2 aromatic heterocycles. The summed E-state index contributed by atoms with van der Waals surface area (Å²) in [7, 11) is 0. The Morgan fingerprint density at radius 3 is 2.55 bits per heavy atom. The quantitative estimate of drug-likeness (QED) is 0.452. The lowest BCUT2D eigenvalue weighted by Gasteiger charge is -2.36. The average Bonchev–Trinajstić information content (AvgIpc) is 3.55. The molecule has 2 aromatic carbocycles. The second kappa shape index (κ2) is 9.13. The lowest BCUT2D eigenvalue weighted by atomic mass is 10.0. The van der Waals surface area contributed by atoms with Crippen LogP contribution in [0.1, 0.15) is 21.5 Å². The van der Waals surface area contributed by atoms with Gasteiger partial charge < -0.3 is 9.64 Å². The Balaban J connectivity index is 1.46. The van der Waals surface area contributed by atoms with Gasteiger partial charge in [0.05, 0.1) is 55.3 Å². The Morgan fingerprint density at radius 2 is 1.79 bits per heavy atom. The van der Waals surface area contributed by atoms with Gasteiger partial charge in [0.15, 0.2) is 0 Å². The van der Waals surface area contributed by atoms with Gasteiger partial charge >= 0.3 is 0 Å². The smallest absolute Gasteiger partial charge is 0.256 e. The van der Waals surface area contributed by atoms with Gasteiger partial charge in [0, 0.05) is 11.6 Å². The number of para-hydroxylation sites is 1. The van der Waals surface area contributed by atoms with Crippen LogP contribution in [0.4, 0.5) is 0 Å². The van der Waals surface area contributed by atoms with Crippen LogP contribution in [0.5, 0.6) is 0 Å². The Kier molecular flexibility index (Phi) is 5.89. The Bertz CT molecular complexity index is 1260. The zero-order chi connectivity index (χ0) is 22.8. The molecule has 0 radical (unpaired) electrons. The first kappa shape index (κ1) is 21.3. The molecule has 0 spiro atoms. The minimum atomic E-state index is -0.177. The summed E-state index contributed by atoms with van der Waals surface area (Å²) in [6.07, 6.45) is 6.99. The van der Waals surface area contributed by atoms with Crippen LogP contribution in [-0.4, -0.2) is 66.6 Å². The predicted octanol–water partition coefficient (Wildman–Crippen LogP) is 2.89. The van der Waals surface area contributed by atoms with Crippen LogP contribution in [-0.2, 0) is 11.2 Å². The minimum absolute atomic E-state index is 0.0830. The number of hydrogen-bond acceptors (Lipinski definition) is 6. The van der Waals surface area contributed by atoms with Gasteiger partial charge in [0.25, 0.3) is 5.91 Å². The zero-order valence-corrected chi connectivity index (χ0v) is 18.8. The van der Waals surface area contributed by atoms with Crippen molar-refractivity contribution < 1.29 is 9.53 Å². The van der Waals surface area contributed by atoms with Gasteiger partial charge in [-0.2, -0.15) is 30.0 Å². The molecule has 3 heterocycles. The van der Waals surface area contributed by atoms with Crippen molar-refractivity contribution in [2.75, 3.05) is 19.8 Å². The largest absolute Gasteiger partial charge is 0.377 e. The van der Waals surface area contributed by atoms with E-state index in [-0.39, 0.29) is 11.9 Å². The zero-order valence-electron chi connectivity index (χ0n) is 18.0. The summed E-state index contributed by atoms with van der Waals surface area (Å²) in [4.78, 5) is 18.6. The first-order valence-corrected chi connectivity index (χ1v) is 11.0. The van der Waals surface area contributed by atoms with Crippen molar-refractivity contribution in [2.24, 2.45) is 0 Å². The number of benzene rings is 2. The molecule has 0 aliphatic carbocycles. The normalized spacial score (nSPS) is 16.2. The summed E-state index contributed by atoms with van der Waals surface area (Å²) >= 11 is 6.52. The molecule has 0 N–H and O–H groups in total. The maximum Gasteiger partial charge on any atom is 0.256 e. The van der Waals surface area contributed by atoms with Crippen molar-refractivity contribution in [3.05, 3.63) is 82.9 Å². The van der Waals surface area contributed by atoms with Gasteiger partial charge in [-0.15, -0.1) is 0 Å². The van der Waals surface area contributed by atoms with Crippen LogP contribution in [0.3, 0.4) is 0 Å². The molecule has 0 bridgehead atoms. The fourth-order valence-electron chi connectivity index (χ4n) is 4.12. The Hall–Kier alpha value is -3.56. The molecule has 1 saturated heterocycles. The van der Waals surface area contributed by atoms with Crippen LogP contribution in [0.15, 0.2) is 61.2 Å². The van der Waals surface area contributed by atoms with Gasteiger partial charge in [-0.3, -0.25) is 4.79 Å². The van der Waals surface area contributed by atoms with Crippen LogP contribution < -0.4 is 0 Å². The monoisotopic (exact) mass is 463 g/mol. The highest BCUT2D eigenvalue weighted by Gasteiger charge is 2.31. The minimum Gasteiger partial charge on any atom is -0.377 e. The second-order valence-electron chi connectivity index (χ2n) is 7.82. The molecular formula is C23H22ClN7O2. The van der Waals surface area contributed by atoms with E-state index in [1.807, 2.05) is 48.2 Å². The van der Waals surface area contributed by atoms with Gasteiger partial charge in [0.1, 0.15) is 5.69 Å². The SMILES string of the molecule is Cc1cccc(C(=O)N2CCOC[C@H]2Cc2cc(-n3nccn3)ccc2Cl)c1-n1nccn1. The number of rotatable bonds is 5. The molecule has 0 unspecified atom stereocenters. The molecule has 1 atom stereocenters. The van der Waals surface area contributed by atoms with Crippen LogP contribution in [0.25, 0.3) is 11.4 Å². The average molecular weight is 464 g/mol. The van der Waals surface area contributed by atoms with Gasteiger partial charge in [-0.1, -0.05) is 23.7 Å². The highest BCUT2D eigenvalue weighted by Crippen LogP contribution is 2.26. The summed E-state index contributed by atoms with van der Waals surface area (Å²) in [5.74, 6) is -0.0830. The van der Waals surface area contributed by atoms with E-state index in [0.29, 0.717) is 42.5 Å². The van der Waals surface area contributed by atoms with Crippen LogP contribution in [0, 0.1) is 6.92 Å². The highest BCUT2D eigenvalue weighted by atomic mass is 35.5. The molecule has 4 aromatic rings. The molecule has 1 aliphatic rings. The van der Waals surface area contributed by atoms with Gasteiger partial charge in [-0.05, 0) is 48.7 Å². The first-order valence-electron chi connectivity index (χ1n) is 10.6. The van der Waals surface area contributed by atoms with Crippen molar-refractivity contribution in [3.63, 3.8) is 0 Å². The van der Waals surface area contributed by atoms with Crippen LogP contribution >= 0.6 is 11.6 Å². The van der Waals surface area contributed by atoms with E-state index < -0.39 is 0 Å². The number of aryl methyl sites for hydroxylation is 1. The van der Waals surface area contributed by atoms with E-state index in [1.54, 1.807) is 24.8 Å². The maximum atomic E-state index is 13.8. The van der Waals surface area contributed by atoms with E-state index in [4.69, 9.17) is 16.3 Å². The molecule has 33 heavy (non-hydrogen) atoms. The number of morpholine rings is 1. The van der Waals surface area contributed by atoms with Crippen molar-refractivity contribution in [2.45, 2.75) is 19.4 Å². The highest BCUT2D eigenvalue weighted by molar-refractivity contribution is 6.31. The number of carbonyl (C=O) groups is 1. The van der Waals surface area contributed by atoms with E-state index in [9.17, 15) is 4.79 Å². The number of aromatic nitrogens is 6. The molecular weight excluding hydrogens is 442 g/mol. The molecule has 5 rings (SSSR count). The Labute approximate surface area is 195 Å². The number of amides is 1. The van der Waals surface area contributed by atoms with Crippen LogP contribution in [0.2, 0.25) is 5.02 Å².